The molecule has 0 bridgehead atoms. The first kappa shape index (κ1) is 14.8. The fourth-order valence-electron chi connectivity index (χ4n) is 2.91. The summed E-state index contributed by atoms with van der Waals surface area (Å²) in [6.07, 6.45) is 0. The minimum absolute atomic E-state index is 0.0210. The Morgan fingerprint density at radius 1 is 1.25 bits per heavy atom. The average Bonchev–Trinajstić information content (AvgIpc) is 2.91. The lowest BCUT2D eigenvalue weighted by atomic mass is 10.1. The fourth-order valence-corrected chi connectivity index (χ4v) is 2.91. The number of hydrogen-bond donors (Lipinski definition) is 2. The van der Waals surface area contributed by atoms with E-state index in [1.807, 2.05) is 28.8 Å². The van der Waals surface area contributed by atoms with Gasteiger partial charge in [-0.25, -0.2) is 9.37 Å². The van der Waals surface area contributed by atoms with Crippen LogP contribution >= 0.6 is 0 Å². The summed E-state index contributed by atoms with van der Waals surface area (Å²) in [7, 11) is 1.33. The number of fused-ring (bicyclic) bond motifs is 1. The molecule has 1 fully saturated rings. The number of ether oxygens (including phenoxy) is 2. The first-order valence-electron chi connectivity index (χ1n) is 7.45. The van der Waals surface area contributed by atoms with Gasteiger partial charge in [0, 0.05) is 0 Å². The van der Waals surface area contributed by atoms with E-state index in [1.165, 1.54) is 13.2 Å². The zero-order chi connectivity index (χ0) is 16.8. The molecule has 2 N–H and O–H groups in total. The van der Waals surface area contributed by atoms with Crippen molar-refractivity contribution in [2.45, 2.75) is 6.04 Å². The summed E-state index contributed by atoms with van der Waals surface area (Å²) in [4.78, 5) is 4.51. The number of aromatic nitrogens is 2. The minimum Gasteiger partial charge on any atom is -0.502 e. The normalized spacial score (nSPS) is 14.8. The van der Waals surface area contributed by atoms with E-state index in [9.17, 15) is 14.6 Å². The van der Waals surface area contributed by atoms with E-state index in [1.54, 1.807) is 0 Å². The molecule has 0 atom stereocenters. The Morgan fingerprint density at radius 2 is 2.00 bits per heavy atom. The highest BCUT2D eigenvalue weighted by molar-refractivity contribution is 5.82. The van der Waals surface area contributed by atoms with Gasteiger partial charge in [0.15, 0.2) is 17.3 Å². The Kier molecular flexibility index (Phi) is 3.31. The summed E-state index contributed by atoms with van der Waals surface area (Å²) in [6.45, 7) is 1.02. The SMILES string of the molecule is COc1cc(-c2nc3ccccc3n2C2COC2)c(F)c(O)c1O. The molecule has 124 valence electrons. The number of imidazole rings is 1. The van der Waals surface area contributed by atoms with Crippen LogP contribution in [0.2, 0.25) is 0 Å². The lowest BCUT2D eigenvalue weighted by molar-refractivity contribution is -0.0209. The molecule has 0 unspecified atom stereocenters. The second kappa shape index (κ2) is 5.38. The second-order valence-electron chi connectivity index (χ2n) is 5.62. The van der Waals surface area contributed by atoms with E-state index in [-0.39, 0.29) is 17.4 Å². The predicted molar refractivity (Wildman–Crippen MR) is 84.9 cm³/mol. The Hall–Kier alpha value is -2.80. The van der Waals surface area contributed by atoms with Gasteiger partial charge in [0.1, 0.15) is 5.82 Å². The van der Waals surface area contributed by atoms with Gasteiger partial charge >= 0.3 is 0 Å². The molecule has 0 saturated carbocycles. The summed E-state index contributed by atoms with van der Waals surface area (Å²) < 4.78 is 26.8. The monoisotopic (exact) mass is 330 g/mol. The van der Waals surface area contributed by atoms with Gasteiger partial charge in [-0.1, -0.05) is 12.1 Å². The third kappa shape index (κ3) is 2.01. The fraction of sp³-hybridized carbons (Fsp3) is 0.235. The lowest BCUT2D eigenvalue weighted by Crippen LogP contribution is -2.31. The number of phenols is 2. The van der Waals surface area contributed by atoms with E-state index >= 15 is 0 Å². The van der Waals surface area contributed by atoms with E-state index in [2.05, 4.69) is 4.98 Å². The summed E-state index contributed by atoms with van der Waals surface area (Å²) >= 11 is 0. The molecular weight excluding hydrogens is 315 g/mol. The molecule has 1 saturated heterocycles. The molecule has 4 rings (SSSR count). The number of hydrogen-bond acceptors (Lipinski definition) is 5. The highest BCUT2D eigenvalue weighted by Gasteiger charge is 2.29. The van der Waals surface area contributed by atoms with Crippen LogP contribution in [0.4, 0.5) is 4.39 Å². The zero-order valence-electron chi connectivity index (χ0n) is 12.9. The number of para-hydroxylation sites is 2. The molecule has 2 aromatic carbocycles. The van der Waals surface area contributed by atoms with Gasteiger partial charge in [-0.05, 0) is 18.2 Å². The number of rotatable bonds is 3. The van der Waals surface area contributed by atoms with Gasteiger partial charge in [-0.2, -0.15) is 0 Å². The van der Waals surface area contributed by atoms with Gasteiger partial charge in [0.25, 0.3) is 0 Å². The Bertz CT molecular complexity index is 934. The molecule has 6 nitrogen and oxygen atoms in total. The lowest BCUT2D eigenvalue weighted by Gasteiger charge is -2.29. The van der Waals surface area contributed by atoms with Crippen LogP contribution in [0.15, 0.2) is 30.3 Å². The number of benzene rings is 2. The summed E-state index contributed by atoms with van der Waals surface area (Å²) in [5, 5.41) is 19.6. The van der Waals surface area contributed by atoms with Crippen molar-refractivity contribution in [3.8, 4) is 28.6 Å². The average molecular weight is 330 g/mol. The highest BCUT2D eigenvalue weighted by Crippen LogP contribution is 2.43. The Labute approximate surface area is 136 Å². The molecule has 7 heteroatoms. The van der Waals surface area contributed by atoms with Crippen molar-refractivity contribution in [3.63, 3.8) is 0 Å². The molecular formula is C17H15FN2O4. The van der Waals surface area contributed by atoms with Crippen LogP contribution < -0.4 is 4.74 Å². The molecule has 24 heavy (non-hydrogen) atoms. The molecule has 0 amide bonds. The molecule has 3 aromatic rings. The standard InChI is InChI=1S/C17H15FN2O4/c1-23-13-6-10(14(18)16(22)15(13)21)17-19-11-4-2-3-5-12(11)20(17)9-7-24-8-9/h2-6,9,21-22H,7-8H2,1H3. The highest BCUT2D eigenvalue weighted by atomic mass is 19.1. The van der Waals surface area contributed by atoms with Gasteiger partial charge in [-0.15, -0.1) is 0 Å². The molecule has 0 radical (unpaired) electrons. The van der Waals surface area contributed by atoms with Crippen LogP contribution in [-0.2, 0) is 4.74 Å². The third-order valence-corrected chi connectivity index (χ3v) is 4.22. The maximum absolute atomic E-state index is 14.6. The molecule has 1 aromatic heterocycles. The second-order valence-corrected chi connectivity index (χ2v) is 5.62. The third-order valence-electron chi connectivity index (χ3n) is 4.22. The topological polar surface area (TPSA) is 76.7 Å². The predicted octanol–water partition coefficient (Wildman–Crippen LogP) is 2.83. The maximum Gasteiger partial charge on any atom is 0.203 e. The van der Waals surface area contributed by atoms with Gasteiger partial charge in [-0.3, -0.25) is 0 Å². The van der Waals surface area contributed by atoms with Crippen molar-refractivity contribution in [1.29, 1.82) is 0 Å². The number of aromatic hydroxyl groups is 2. The molecule has 2 heterocycles. The number of phenolic OH excluding ortho intramolecular Hbond substituents is 2. The van der Waals surface area contributed by atoms with Crippen molar-refractivity contribution in [3.05, 3.63) is 36.1 Å². The van der Waals surface area contributed by atoms with Gasteiger partial charge in [0.05, 0.1) is 43.0 Å². The zero-order valence-corrected chi connectivity index (χ0v) is 12.9. The number of halogens is 1. The Morgan fingerprint density at radius 3 is 2.67 bits per heavy atom. The van der Waals surface area contributed by atoms with Crippen LogP contribution in [0.1, 0.15) is 6.04 Å². The smallest absolute Gasteiger partial charge is 0.203 e. The van der Waals surface area contributed by atoms with E-state index in [0.717, 1.165) is 5.52 Å². The van der Waals surface area contributed by atoms with Crippen LogP contribution in [0.25, 0.3) is 22.4 Å². The van der Waals surface area contributed by atoms with Crippen LogP contribution in [0, 0.1) is 5.82 Å². The van der Waals surface area contributed by atoms with Crippen molar-refractivity contribution in [1.82, 2.24) is 9.55 Å². The molecule has 0 spiro atoms. The van der Waals surface area contributed by atoms with E-state index < -0.39 is 17.3 Å². The minimum atomic E-state index is -0.940. The van der Waals surface area contributed by atoms with Gasteiger partial charge in [0.2, 0.25) is 5.75 Å². The van der Waals surface area contributed by atoms with E-state index in [0.29, 0.717) is 24.6 Å². The van der Waals surface area contributed by atoms with Gasteiger partial charge < -0.3 is 24.3 Å². The van der Waals surface area contributed by atoms with Crippen molar-refractivity contribution in [2.24, 2.45) is 0 Å². The first-order valence-corrected chi connectivity index (χ1v) is 7.45. The maximum atomic E-state index is 14.6. The van der Waals surface area contributed by atoms with Crippen molar-refractivity contribution >= 4 is 11.0 Å². The largest absolute Gasteiger partial charge is 0.502 e. The van der Waals surface area contributed by atoms with Crippen molar-refractivity contribution < 1.29 is 24.1 Å². The van der Waals surface area contributed by atoms with E-state index in [4.69, 9.17) is 9.47 Å². The van der Waals surface area contributed by atoms with Crippen molar-refractivity contribution in [2.75, 3.05) is 20.3 Å². The van der Waals surface area contributed by atoms with Crippen LogP contribution in [-0.4, -0.2) is 40.1 Å². The quantitative estimate of drug-likeness (QED) is 0.722. The first-order chi connectivity index (χ1) is 11.6. The summed E-state index contributed by atoms with van der Waals surface area (Å²) in [5.41, 5.74) is 1.63. The summed E-state index contributed by atoms with van der Waals surface area (Å²) in [6, 6.07) is 8.85. The van der Waals surface area contributed by atoms with Crippen LogP contribution in [0.3, 0.4) is 0 Å². The summed E-state index contributed by atoms with van der Waals surface area (Å²) in [5.74, 6) is -2.09. The number of nitrogens with zero attached hydrogens (tertiary/aromatic N) is 2. The molecule has 0 aliphatic carbocycles. The number of methoxy groups -OCH3 is 1. The Balaban J connectivity index is 2.02. The van der Waals surface area contributed by atoms with Crippen LogP contribution in [0.5, 0.6) is 17.2 Å². The molecule has 1 aliphatic heterocycles. The molecule has 1 aliphatic rings.